The van der Waals surface area contributed by atoms with E-state index < -0.39 is 18.0 Å². The van der Waals surface area contributed by atoms with E-state index in [1.165, 1.54) is 23.3 Å². The first kappa shape index (κ1) is 23.5. The second-order valence-corrected chi connectivity index (χ2v) is 9.18. The highest BCUT2D eigenvalue weighted by Crippen LogP contribution is 2.57. The Morgan fingerprint density at radius 1 is 1.30 bits per heavy atom. The molecule has 0 N–H and O–H groups in total. The molecule has 1 amide bonds. The van der Waals surface area contributed by atoms with Crippen molar-refractivity contribution in [1.29, 1.82) is 0 Å². The molecule has 0 radical (unpaired) electrons. The zero-order valence-electron chi connectivity index (χ0n) is 18.6. The van der Waals surface area contributed by atoms with Gasteiger partial charge in [0.05, 0.1) is 11.8 Å². The minimum Gasteiger partial charge on any atom is -0.311 e. The summed E-state index contributed by atoms with van der Waals surface area (Å²) in [6.45, 7) is 5.29. The van der Waals surface area contributed by atoms with E-state index in [9.17, 15) is 18.0 Å². The topological polar surface area (TPSA) is 50.5 Å². The van der Waals surface area contributed by atoms with Gasteiger partial charge in [-0.3, -0.25) is 9.79 Å². The predicted molar refractivity (Wildman–Crippen MR) is 122 cm³/mol. The van der Waals surface area contributed by atoms with Gasteiger partial charge in [0.2, 0.25) is 5.91 Å². The van der Waals surface area contributed by atoms with Crippen molar-refractivity contribution in [2.75, 3.05) is 18.5 Å². The molecular formula is C24H26ClF3N4O. The molecule has 2 fully saturated rings. The Morgan fingerprint density at radius 3 is 2.55 bits per heavy atom. The summed E-state index contributed by atoms with van der Waals surface area (Å²) in [6.07, 6.45) is 0.390. The first-order valence-electron chi connectivity index (χ1n) is 10.9. The maximum Gasteiger partial charge on any atom is 0.390 e. The Balaban J connectivity index is 0.000000165. The highest BCUT2D eigenvalue weighted by molar-refractivity contribution is 6.29. The summed E-state index contributed by atoms with van der Waals surface area (Å²) >= 11 is 5.91. The van der Waals surface area contributed by atoms with E-state index in [0.717, 1.165) is 29.5 Å². The van der Waals surface area contributed by atoms with Crippen molar-refractivity contribution in [3.8, 4) is 0 Å². The summed E-state index contributed by atoms with van der Waals surface area (Å²) in [5.74, 6) is 0.456. The third-order valence-corrected chi connectivity index (χ3v) is 6.52. The number of nitrogens with zero attached hydrogens (tertiary/aromatic N) is 4. The van der Waals surface area contributed by atoms with Crippen molar-refractivity contribution in [1.82, 2.24) is 9.78 Å². The van der Waals surface area contributed by atoms with Crippen molar-refractivity contribution >= 4 is 29.4 Å². The van der Waals surface area contributed by atoms with Crippen LogP contribution in [0.1, 0.15) is 54.7 Å². The molecule has 5 rings (SSSR count). The Morgan fingerprint density at radius 2 is 2.00 bits per heavy atom. The van der Waals surface area contributed by atoms with Gasteiger partial charge in [0, 0.05) is 31.0 Å². The van der Waals surface area contributed by atoms with E-state index in [4.69, 9.17) is 11.6 Å². The molecule has 1 spiro atoms. The van der Waals surface area contributed by atoms with Crippen LogP contribution in [-0.4, -0.2) is 35.5 Å². The van der Waals surface area contributed by atoms with E-state index in [-0.39, 0.29) is 12.5 Å². The van der Waals surface area contributed by atoms with E-state index in [1.54, 1.807) is 17.9 Å². The third kappa shape index (κ3) is 4.71. The fraction of sp³-hybridized carbons (Fsp3) is 0.458. The minimum atomic E-state index is -4.23. The lowest BCUT2D eigenvalue weighted by atomic mass is 9.97. The fourth-order valence-electron chi connectivity index (χ4n) is 4.38. The first-order valence-corrected chi connectivity index (χ1v) is 11.3. The molecule has 9 heteroatoms. The lowest BCUT2D eigenvalue weighted by molar-refractivity contribution is -0.133. The molecule has 2 aromatic rings. The molecule has 0 unspecified atom stereocenters. The van der Waals surface area contributed by atoms with Gasteiger partial charge in [-0.2, -0.15) is 18.3 Å². The number of halogens is 4. The monoisotopic (exact) mass is 478 g/mol. The molecule has 1 aliphatic heterocycles. The van der Waals surface area contributed by atoms with Crippen molar-refractivity contribution in [2.45, 2.75) is 56.5 Å². The average molecular weight is 479 g/mol. The van der Waals surface area contributed by atoms with Crippen molar-refractivity contribution in [3.05, 3.63) is 58.2 Å². The minimum absolute atomic E-state index is 0.155. The van der Waals surface area contributed by atoms with Gasteiger partial charge in [-0.1, -0.05) is 30.3 Å². The van der Waals surface area contributed by atoms with Gasteiger partial charge in [-0.15, -0.1) is 0 Å². The lowest BCUT2D eigenvalue weighted by Crippen LogP contribution is -2.34. The number of amides is 1. The Kier molecular flexibility index (Phi) is 6.16. The molecule has 5 nitrogen and oxygen atoms in total. The molecule has 0 saturated heterocycles. The molecule has 176 valence electrons. The molecular weight excluding hydrogens is 453 g/mol. The molecule has 0 bridgehead atoms. The van der Waals surface area contributed by atoms with Gasteiger partial charge in [-0.05, 0) is 61.8 Å². The maximum atomic E-state index is 12.4. The van der Waals surface area contributed by atoms with Crippen LogP contribution in [-0.2, 0) is 10.2 Å². The standard InChI is InChI=1S/C14H14F3NO.C10H12ClN3/c1-9-2-3-10-11(8-9)18(7-6-14(15,16)17)12(19)13(10)4-5-13;1-3-14-10(12-2)8(7-4-5-7)6-9(11)13-14/h2-3,8H,4-7H2,1H3;3,6-7H,1,4-5H2,2H3. The Bertz CT molecular complexity index is 1160. The van der Waals surface area contributed by atoms with Crippen LogP contribution in [0.25, 0.3) is 6.20 Å². The Hall–Kier alpha value is -2.61. The molecule has 2 heterocycles. The molecule has 1 aromatic heterocycles. The molecule has 1 aromatic carbocycles. The normalized spacial score (nSPS) is 18.8. The summed E-state index contributed by atoms with van der Waals surface area (Å²) in [7, 11) is 1.76. The Labute approximate surface area is 195 Å². The van der Waals surface area contributed by atoms with Crippen LogP contribution in [0.3, 0.4) is 0 Å². The van der Waals surface area contributed by atoms with E-state index in [2.05, 4.69) is 16.7 Å². The molecule has 2 aliphatic carbocycles. The molecule has 3 aliphatic rings. The number of anilines is 1. The van der Waals surface area contributed by atoms with E-state index in [1.807, 2.05) is 31.2 Å². The molecule has 0 atom stereocenters. The maximum absolute atomic E-state index is 12.4. The van der Waals surface area contributed by atoms with Gasteiger partial charge >= 0.3 is 6.18 Å². The highest BCUT2D eigenvalue weighted by atomic mass is 35.5. The number of aromatic nitrogens is 2. The number of carbonyl (C=O) groups is 1. The van der Waals surface area contributed by atoms with Gasteiger partial charge in [0.15, 0.2) is 5.49 Å². The van der Waals surface area contributed by atoms with Crippen LogP contribution in [0.2, 0.25) is 5.15 Å². The number of hydrogen-bond donors (Lipinski definition) is 0. The number of aryl methyl sites for hydroxylation is 1. The van der Waals surface area contributed by atoms with Gasteiger partial charge in [-0.25, -0.2) is 4.68 Å². The number of alkyl halides is 3. The van der Waals surface area contributed by atoms with Crippen molar-refractivity contribution in [2.24, 2.45) is 4.99 Å². The largest absolute Gasteiger partial charge is 0.390 e. The number of rotatable bonds is 4. The van der Waals surface area contributed by atoms with E-state index in [0.29, 0.717) is 16.8 Å². The van der Waals surface area contributed by atoms with Gasteiger partial charge < -0.3 is 4.90 Å². The van der Waals surface area contributed by atoms with Crippen LogP contribution in [0.4, 0.5) is 18.9 Å². The third-order valence-electron chi connectivity index (χ3n) is 6.34. The lowest BCUT2D eigenvalue weighted by Gasteiger charge is -2.19. The van der Waals surface area contributed by atoms with Crippen LogP contribution in [0.15, 0.2) is 35.8 Å². The second-order valence-electron chi connectivity index (χ2n) is 8.80. The smallest absolute Gasteiger partial charge is 0.311 e. The van der Waals surface area contributed by atoms with Gasteiger partial charge in [0.25, 0.3) is 0 Å². The number of fused-ring (bicyclic) bond motifs is 2. The number of hydrogen-bond acceptors (Lipinski definition) is 3. The number of carbonyl (C=O) groups excluding carboxylic acids is 1. The van der Waals surface area contributed by atoms with Crippen LogP contribution < -0.4 is 10.4 Å². The van der Waals surface area contributed by atoms with Gasteiger partial charge in [0.1, 0.15) is 5.15 Å². The van der Waals surface area contributed by atoms with Crippen LogP contribution >= 0.6 is 11.6 Å². The van der Waals surface area contributed by atoms with Crippen LogP contribution in [0.5, 0.6) is 0 Å². The van der Waals surface area contributed by atoms with Crippen LogP contribution in [0, 0.1) is 6.92 Å². The van der Waals surface area contributed by atoms with Crippen molar-refractivity contribution in [3.63, 3.8) is 0 Å². The predicted octanol–water partition coefficient (Wildman–Crippen LogP) is 5.37. The fourth-order valence-corrected chi connectivity index (χ4v) is 4.58. The number of benzene rings is 1. The first-order chi connectivity index (χ1) is 15.6. The summed E-state index contributed by atoms with van der Waals surface area (Å²) < 4.78 is 38.7. The summed E-state index contributed by atoms with van der Waals surface area (Å²) in [5, 5.41) is 4.60. The summed E-state index contributed by atoms with van der Waals surface area (Å²) in [6, 6.07) is 7.53. The second kappa shape index (κ2) is 8.63. The highest BCUT2D eigenvalue weighted by Gasteiger charge is 2.59. The molecule has 33 heavy (non-hydrogen) atoms. The quantitative estimate of drug-likeness (QED) is 0.593. The summed E-state index contributed by atoms with van der Waals surface area (Å²) in [5.41, 5.74) is 4.09. The zero-order valence-corrected chi connectivity index (χ0v) is 19.4. The zero-order chi connectivity index (χ0) is 24.0. The summed E-state index contributed by atoms with van der Waals surface area (Å²) in [4.78, 5) is 17.9. The van der Waals surface area contributed by atoms with E-state index >= 15 is 0 Å². The SMILES string of the molecule is C=Cn1nc(Cl)cc(C2CC2)c1=NC.Cc1ccc2c(c1)N(CCC(F)(F)F)C(=O)C21CC1. The van der Waals surface area contributed by atoms with Crippen molar-refractivity contribution < 1.29 is 18.0 Å². The average Bonchev–Trinajstić information content (AvgIpc) is 3.66. The molecule has 2 saturated carbocycles.